The zero-order valence-corrected chi connectivity index (χ0v) is 16.9. The van der Waals surface area contributed by atoms with E-state index < -0.39 is 12.5 Å². The average Bonchev–Trinajstić information content (AvgIpc) is 3.46. The summed E-state index contributed by atoms with van der Waals surface area (Å²) in [4.78, 5) is 16.9. The van der Waals surface area contributed by atoms with Crippen molar-refractivity contribution < 1.29 is 23.4 Å². The van der Waals surface area contributed by atoms with Crippen molar-refractivity contribution in [2.45, 2.75) is 25.5 Å². The van der Waals surface area contributed by atoms with Crippen LogP contribution in [0.1, 0.15) is 28.8 Å². The fourth-order valence-electron chi connectivity index (χ4n) is 2.86. The van der Waals surface area contributed by atoms with Gasteiger partial charge in [0.05, 0.1) is 23.5 Å². The first-order valence-corrected chi connectivity index (χ1v) is 10.3. The van der Waals surface area contributed by atoms with Crippen molar-refractivity contribution in [1.82, 2.24) is 4.68 Å². The Hall–Kier alpha value is -3.53. The zero-order chi connectivity index (χ0) is 22.0. The highest BCUT2D eigenvalue weighted by molar-refractivity contribution is 7.07. The van der Waals surface area contributed by atoms with Crippen molar-refractivity contribution in [3.05, 3.63) is 63.8 Å². The molecular weight excluding hydrogens is 426 g/mol. The molecule has 1 fully saturated rings. The lowest BCUT2D eigenvalue weighted by molar-refractivity contribution is -0.0499. The van der Waals surface area contributed by atoms with Crippen molar-refractivity contribution >= 4 is 23.5 Å². The van der Waals surface area contributed by atoms with Gasteiger partial charge in [0.2, 0.25) is 4.80 Å². The lowest BCUT2D eigenvalue weighted by Gasteiger charge is -2.08. The van der Waals surface area contributed by atoms with Gasteiger partial charge in [0.25, 0.3) is 5.91 Å². The van der Waals surface area contributed by atoms with Crippen LogP contribution < -0.4 is 15.3 Å². The maximum absolute atomic E-state index is 12.7. The Bertz CT molecular complexity index is 1220. The van der Waals surface area contributed by atoms with E-state index in [9.17, 15) is 18.7 Å². The Morgan fingerprint density at radius 2 is 2.06 bits per heavy atom. The van der Waals surface area contributed by atoms with Gasteiger partial charge < -0.3 is 15.6 Å². The van der Waals surface area contributed by atoms with Crippen molar-refractivity contribution in [2.24, 2.45) is 15.8 Å². The molecule has 4 rings (SSSR count). The van der Waals surface area contributed by atoms with E-state index in [4.69, 9.17) is 5.73 Å². The number of halogens is 2. The van der Waals surface area contributed by atoms with Gasteiger partial charge in [-0.2, -0.15) is 13.9 Å². The molecule has 7 nitrogen and oxygen atoms in total. The third kappa shape index (κ3) is 4.80. The van der Waals surface area contributed by atoms with E-state index in [2.05, 4.69) is 14.8 Å². The number of amides is 1. The van der Waals surface area contributed by atoms with Gasteiger partial charge in [-0.15, -0.1) is 11.3 Å². The normalized spacial score (nSPS) is 14.5. The van der Waals surface area contributed by atoms with Gasteiger partial charge in [-0.1, -0.05) is 12.1 Å². The highest BCUT2D eigenvalue weighted by Crippen LogP contribution is 2.28. The molecule has 0 radical (unpaired) electrons. The number of nitrogens with two attached hydrogens (primary N) is 1. The summed E-state index contributed by atoms with van der Waals surface area (Å²) in [7, 11) is 0. The largest absolute Gasteiger partial charge is 0.507 e. The molecule has 160 valence electrons. The second-order valence-electron chi connectivity index (χ2n) is 6.83. The number of alkyl halides is 2. The van der Waals surface area contributed by atoms with Crippen LogP contribution in [-0.4, -0.2) is 34.6 Å². The van der Waals surface area contributed by atoms with E-state index in [1.807, 2.05) is 5.38 Å². The number of para-hydroxylation sites is 1. The number of primary amides is 1. The van der Waals surface area contributed by atoms with E-state index in [1.165, 1.54) is 35.8 Å². The van der Waals surface area contributed by atoms with Gasteiger partial charge in [0, 0.05) is 16.5 Å². The van der Waals surface area contributed by atoms with Gasteiger partial charge in [0.1, 0.15) is 11.5 Å². The Morgan fingerprint density at radius 3 is 2.77 bits per heavy atom. The quantitative estimate of drug-likeness (QED) is 0.545. The first kappa shape index (κ1) is 20.7. The van der Waals surface area contributed by atoms with Crippen LogP contribution in [-0.2, 0) is 0 Å². The number of aromatic nitrogens is 1. The smallest absolute Gasteiger partial charge is 0.387 e. The predicted molar refractivity (Wildman–Crippen MR) is 113 cm³/mol. The fourth-order valence-corrected chi connectivity index (χ4v) is 3.77. The maximum Gasteiger partial charge on any atom is 0.387 e. The van der Waals surface area contributed by atoms with Crippen LogP contribution >= 0.6 is 11.3 Å². The lowest BCUT2D eigenvalue weighted by atomic mass is 10.1. The summed E-state index contributed by atoms with van der Waals surface area (Å²) < 4.78 is 31.5. The SMILES string of the molecule is NC(=O)c1cc(-c2csc(=NC3CC3)n2/N=C/c2ccccc2OC(F)F)ccc1O. The Morgan fingerprint density at radius 1 is 1.29 bits per heavy atom. The number of hydrogen-bond donors (Lipinski definition) is 2. The highest BCUT2D eigenvalue weighted by atomic mass is 32.1. The van der Waals surface area contributed by atoms with Crippen molar-refractivity contribution in [2.75, 3.05) is 0 Å². The number of rotatable bonds is 7. The number of ether oxygens (including phenoxy) is 1. The number of aromatic hydroxyl groups is 1. The molecule has 1 aliphatic rings. The first-order chi connectivity index (χ1) is 14.9. The number of phenols is 1. The third-order valence-corrected chi connectivity index (χ3v) is 5.36. The minimum Gasteiger partial charge on any atom is -0.507 e. The average molecular weight is 444 g/mol. The van der Waals surface area contributed by atoms with Gasteiger partial charge >= 0.3 is 6.61 Å². The number of nitrogens with zero attached hydrogens (tertiary/aromatic N) is 3. The van der Waals surface area contributed by atoms with E-state index in [0.29, 0.717) is 21.6 Å². The Labute approximate surface area is 179 Å². The zero-order valence-electron chi connectivity index (χ0n) is 16.1. The Balaban J connectivity index is 1.79. The first-order valence-electron chi connectivity index (χ1n) is 9.38. The molecule has 0 atom stereocenters. The van der Waals surface area contributed by atoms with Crippen molar-refractivity contribution in [1.29, 1.82) is 0 Å². The standard InChI is InChI=1S/C21H18F2N4O3S/c22-20(23)30-18-4-2-1-3-13(18)10-25-27-16(11-31-21(27)26-14-6-7-14)12-5-8-17(28)15(9-12)19(24)29/h1-5,8-11,14,20,28H,6-7H2,(H2,24,29)/b25-10+,26-21?. The third-order valence-electron chi connectivity index (χ3n) is 4.53. The van der Waals surface area contributed by atoms with E-state index >= 15 is 0 Å². The van der Waals surface area contributed by atoms with Crippen molar-refractivity contribution in [3.8, 4) is 22.8 Å². The molecule has 1 aromatic heterocycles. The number of benzene rings is 2. The monoisotopic (exact) mass is 444 g/mol. The van der Waals surface area contributed by atoms with Crippen LogP contribution in [0.15, 0.2) is 57.9 Å². The molecule has 0 unspecified atom stereocenters. The number of thiazole rings is 1. The molecule has 1 saturated carbocycles. The molecule has 1 amide bonds. The number of hydrogen-bond acceptors (Lipinski definition) is 6. The predicted octanol–water partition coefficient (Wildman–Crippen LogP) is 3.57. The van der Waals surface area contributed by atoms with Crippen LogP contribution in [0.2, 0.25) is 0 Å². The lowest BCUT2D eigenvalue weighted by Crippen LogP contribution is -2.14. The maximum atomic E-state index is 12.7. The summed E-state index contributed by atoms with van der Waals surface area (Å²) in [6, 6.07) is 11.0. The molecule has 0 bridgehead atoms. The summed E-state index contributed by atoms with van der Waals surface area (Å²) in [5, 5.41) is 16.2. The molecule has 0 aliphatic heterocycles. The van der Waals surface area contributed by atoms with Gasteiger partial charge in [-0.05, 0) is 43.2 Å². The molecule has 0 saturated heterocycles. The van der Waals surface area contributed by atoms with Gasteiger partial charge in [-0.3, -0.25) is 9.79 Å². The van der Waals surface area contributed by atoms with Crippen LogP contribution in [0.25, 0.3) is 11.3 Å². The molecular formula is C21H18F2N4O3S. The van der Waals surface area contributed by atoms with Crippen LogP contribution in [0.5, 0.6) is 11.5 Å². The van der Waals surface area contributed by atoms with Crippen LogP contribution in [0.3, 0.4) is 0 Å². The second-order valence-corrected chi connectivity index (χ2v) is 7.67. The van der Waals surface area contributed by atoms with Gasteiger partial charge in [-0.25, -0.2) is 4.68 Å². The van der Waals surface area contributed by atoms with E-state index in [1.54, 1.807) is 28.9 Å². The van der Waals surface area contributed by atoms with Crippen LogP contribution in [0, 0.1) is 0 Å². The summed E-state index contributed by atoms with van der Waals surface area (Å²) in [5.74, 6) is -0.979. The molecule has 2 aromatic carbocycles. The summed E-state index contributed by atoms with van der Waals surface area (Å²) in [6.07, 6.45) is 3.40. The van der Waals surface area contributed by atoms with Crippen LogP contribution in [0.4, 0.5) is 8.78 Å². The summed E-state index contributed by atoms with van der Waals surface area (Å²) >= 11 is 1.36. The summed E-state index contributed by atoms with van der Waals surface area (Å²) in [5.41, 5.74) is 6.89. The Kier molecular flexibility index (Phi) is 5.81. The molecule has 31 heavy (non-hydrogen) atoms. The minimum absolute atomic E-state index is 0.0000376. The molecule has 1 aliphatic carbocycles. The van der Waals surface area contributed by atoms with E-state index in [-0.39, 0.29) is 23.1 Å². The minimum atomic E-state index is -2.96. The molecule has 10 heteroatoms. The van der Waals surface area contributed by atoms with E-state index in [0.717, 1.165) is 12.8 Å². The molecule has 3 N–H and O–H groups in total. The fraction of sp³-hybridized carbons (Fsp3) is 0.190. The highest BCUT2D eigenvalue weighted by Gasteiger charge is 2.21. The summed E-state index contributed by atoms with van der Waals surface area (Å²) in [6.45, 7) is -2.96. The topological polar surface area (TPSA) is 102 Å². The number of carbonyl (C=O) groups is 1. The molecule has 0 spiro atoms. The molecule has 3 aromatic rings. The number of carbonyl (C=O) groups excluding carboxylic acids is 1. The van der Waals surface area contributed by atoms with Crippen molar-refractivity contribution in [3.63, 3.8) is 0 Å². The molecule has 1 heterocycles. The van der Waals surface area contributed by atoms with Gasteiger partial charge in [0.15, 0.2) is 0 Å². The second kappa shape index (κ2) is 8.68.